The van der Waals surface area contributed by atoms with E-state index in [4.69, 9.17) is 9.84 Å². The van der Waals surface area contributed by atoms with Crippen molar-refractivity contribution < 1.29 is 9.66 Å². The van der Waals surface area contributed by atoms with Gasteiger partial charge in [-0.05, 0) is 43.7 Å². The van der Waals surface area contributed by atoms with Crippen LogP contribution in [0.4, 0.5) is 11.4 Å². The molecular formula is C23H25N5O3S. The predicted octanol–water partition coefficient (Wildman–Crippen LogP) is 4.15. The number of ether oxygens (including phenoxy) is 1. The first kappa shape index (κ1) is 21.9. The van der Waals surface area contributed by atoms with Crippen LogP contribution >= 0.6 is 11.3 Å². The molecule has 32 heavy (non-hydrogen) atoms. The van der Waals surface area contributed by atoms with Gasteiger partial charge < -0.3 is 9.64 Å². The summed E-state index contributed by atoms with van der Waals surface area (Å²) in [7, 11) is 0. The Morgan fingerprint density at radius 3 is 2.41 bits per heavy atom. The lowest BCUT2D eigenvalue weighted by Gasteiger charge is -2.28. The van der Waals surface area contributed by atoms with Gasteiger partial charge in [-0.2, -0.15) is 5.10 Å². The van der Waals surface area contributed by atoms with Crippen LogP contribution < -0.4 is 9.70 Å². The fourth-order valence-corrected chi connectivity index (χ4v) is 4.36. The van der Waals surface area contributed by atoms with Crippen LogP contribution in [0.25, 0.3) is 11.3 Å². The van der Waals surface area contributed by atoms with E-state index in [0.717, 1.165) is 47.9 Å². The second-order valence-electron chi connectivity index (χ2n) is 7.68. The molecule has 9 heteroatoms. The molecule has 1 saturated heterocycles. The van der Waals surface area contributed by atoms with Crippen molar-refractivity contribution in [2.75, 3.05) is 31.2 Å². The molecule has 2 aromatic carbocycles. The first-order valence-electron chi connectivity index (χ1n) is 10.5. The van der Waals surface area contributed by atoms with Crippen molar-refractivity contribution in [2.24, 2.45) is 10.1 Å². The lowest BCUT2D eigenvalue weighted by molar-refractivity contribution is -0.384. The van der Waals surface area contributed by atoms with E-state index in [1.54, 1.807) is 16.8 Å². The van der Waals surface area contributed by atoms with Gasteiger partial charge in [0.15, 0.2) is 0 Å². The van der Waals surface area contributed by atoms with Crippen LogP contribution in [-0.2, 0) is 4.74 Å². The lowest BCUT2D eigenvalue weighted by Crippen LogP contribution is -2.36. The summed E-state index contributed by atoms with van der Waals surface area (Å²) in [6.45, 7) is 7.35. The zero-order valence-corrected chi connectivity index (χ0v) is 18.9. The maximum Gasteiger partial charge on any atom is 0.269 e. The topological polar surface area (TPSA) is 85.3 Å². The van der Waals surface area contributed by atoms with Gasteiger partial charge in [0.05, 0.1) is 30.0 Å². The Kier molecular flexibility index (Phi) is 6.77. The molecule has 0 spiro atoms. The molecule has 0 aliphatic carbocycles. The van der Waals surface area contributed by atoms with E-state index < -0.39 is 4.92 Å². The van der Waals surface area contributed by atoms with E-state index in [9.17, 15) is 10.1 Å². The average Bonchev–Trinajstić information content (AvgIpc) is 3.20. The van der Waals surface area contributed by atoms with Crippen molar-refractivity contribution in [3.05, 3.63) is 74.4 Å². The Morgan fingerprint density at radius 1 is 1.09 bits per heavy atom. The summed E-state index contributed by atoms with van der Waals surface area (Å²) in [4.78, 5) is 18.3. The van der Waals surface area contributed by atoms with E-state index in [2.05, 4.69) is 22.0 Å². The zero-order valence-electron chi connectivity index (χ0n) is 18.0. The SMILES string of the molecule is CC(C)N=c1scc(-c2ccc([N+](=O)[O-])cc2)n1N=Cc1ccc(N2CCOCC2)cc1. The molecule has 0 saturated carbocycles. The second kappa shape index (κ2) is 9.88. The van der Waals surface area contributed by atoms with E-state index in [0.29, 0.717) is 0 Å². The summed E-state index contributed by atoms with van der Waals surface area (Å²) in [5.41, 5.74) is 3.90. The minimum Gasteiger partial charge on any atom is -0.378 e. The molecule has 0 radical (unpaired) electrons. The van der Waals surface area contributed by atoms with Gasteiger partial charge in [0.1, 0.15) is 0 Å². The van der Waals surface area contributed by atoms with Crippen molar-refractivity contribution in [3.8, 4) is 11.3 Å². The van der Waals surface area contributed by atoms with Gasteiger partial charge in [-0.25, -0.2) is 4.68 Å². The maximum atomic E-state index is 11.0. The number of rotatable bonds is 6. The number of nitrogens with zero attached hydrogens (tertiary/aromatic N) is 5. The van der Waals surface area contributed by atoms with Crippen molar-refractivity contribution in [3.63, 3.8) is 0 Å². The molecule has 0 amide bonds. The molecule has 1 fully saturated rings. The van der Waals surface area contributed by atoms with Crippen molar-refractivity contribution in [2.45, 2.75) is 19.9 Å². The molecule has 8 nitrogen and oxygen atoms in total. The highest BCUT2D eigenvalue weighted by Crippen LogP contribution is 2.23. The van der Waals surface area contributed by atoms with Crippen molar-refractivity contribution in [1.82, 2.24) is 4.68 Å². The number of hydrogen-bond donors (Lipinski definition) is 0. The number of nitro benzene ring substituents is 1. The Morgan fingerprint density at radius 2 is 1.78 bits per heavy atom. The minimum atomic E-state index is -0.399. The number of benzene rings is 2. The van der Waals surface area contributed by atoms with Gasteiger partial charge in [0.25, 0.3) is 5.69 Å². The number of aromatic nitrogens is 1. The molecule has 1 aliphatic heterocycles. The third-order valence-electron chi connectivity index (χ3n) is 5.02. The van der Waals surface area contributed by atoms with Crippen LogP contribution in [0, 0.1) is 10.1 Å². The summed E-state index contributed by atoms with van der Waals surface area (Å²) < 4.78 is 7.22. The smallest absolute Gasteiger partial charge is 0.269 e. The molecule has 0 atom stereocenters. The molecule has 1 aromatic heterocycles. The summed E-state index contributed by atoms with van der Waals surface area (Å²) in [5.74, 6) is 0. The molecule has 2 heterocycles. The van der Waals surface area contributed by atoms with E-state index in [1.165, 1.54) is 29.2 Å². The van der Waals surface area contributed by atoms with Gasteiger partial charge in [0, 0.05) is 47.9 Å². The summed E-state index contributed by atoms with van der Waals surface area (Å²) >= 11 is 1.50. The van der Waals surface area contributed by atoms with Crippen LogP contribution in [-0.4, -0.2) is 48.2 Å². The molecule has 4 rings (SSSR count). The maximum absolute atomic E-state index is 11.0. The highest BCUT2D eigenvalue weighted by molar-refractivity contribution is 7.07. The van der Waals surface area contributed by atoms with E-state index in [1.807, 2.05) is 37.6 Å². The predicted molar refractivity (Wildman–Crippen MR) is 128 cm³/mol. The quantitative estimate of drug-likeness (QED) is 0.320. The van der Waals surface area contributed by atoms with Crippen molar-refractivity contribution >= 4 is 28.9 Å². The van der Waals surface area contributed by atoms with E-state index >= 15 is 0 Å². The Labute approximate surface area is 190 Å². The second-order valence-corrected chi connectivity index (χ2v) is 8.51. The molecule has 3 aromatic rings. The molecule has 1 aliphatic rings. The summed E-state index contributed by atoms with van der Waals surface area (Å²) in [6, 6.07) is 14.9. The number of thiazole rings is 1. The Bertz CT molecular complexity index is 1160. The molecule has 0 unspecified atom stereocenters. The first-order chi connectivity index (χ1) is 15.5. The third kappa shape index (κ3) is 5.12. The van der Waals surface area contributed by atoms with Gasteiger partial charge in [0.2, 0.25) is 4.80 Å². The largest absolute Gasteiger partial charge is 0.378 e. The average molecular weight is 452 g/mol. The number of anilines is 1. The minimum absolute atomic E-state index is 0.0616. The van der Waals surface area contributed by atoms with Gasteiger partial charge >= 0.3 is 0 Å². The monoisotopic (exact) mass is 451 g/mol. The van der Waals surface area contributed by atoms with Gasteiger partial charge in [-0.15, -0.1) is 11.3 Å². The standard InChI is InChI=1S/C23H25N5O3S/c1-17(2)25-23-27(22(16-32-23)19-5-9-21(10-6-19)28(29)30)24-15-18-3-7-20(8-4-18)26-11-13-31-14-12-26/h3-10,15-17H,11-14H2,1-2H3. The first-order valence-corrected chi connectivity index (χ1v) is 11.4. The van der Waals surface area contributed by atoms with Crippen molar-refractivity contribution in [1.29, 1.82) is 0 Å². The van der Waals surface area contributed by atoms with Crippen LogP contribution in [0.1, 0.15) is 19.4 Å². The van der Waals surface area contributed by atoms with E-state index in [-0.39, 0.29) is 11.7 Å². The fourth-order valence-electron chi connectivity index (χ4n) is 3.39. The van der Waals surface area contributed by atoms with Gasteiger partial charge in [-0.1, -0.05) is 12.1 Å². The Balaban J connectivity index is 1.63. The lowest BCUT2D eigenvalue weighted by atomic mass is 10.1. The molecular weight excluding hydrogens is 426 g/mol. The summed E-state index contributed by atoms with van der Waals surface area (Å²) in [6.07, 6.45) is 1.81. The van der Waals surface area contributed by atoms with Crippen LogP contribution in [0.15, 0.2) is 64.0 Å². The zero-order chi connectivity index (χ0) is 22.5. The number of hydrogen-bond acceptors (Lipinski definition) is 7. The van der Waals surface area contributed by atoms with Crippen LogP contribution in [0.5, 0.6) is 0 Å². The normalized spacial score (nSPS) is 15.1. The molecule has 0 bridgehead atoms. The third-order valence-corrected chi connectivity index (χ3v) is 5.85. The molecule has 166 valence electrons. The highest BCUT2D eigenvalue weighted by atomic mass is 32.1. The number of morpholine rings is 1. The van der Waals surface area contributed by atoms with Gasteiger partial charge in [-0.3, -0.25) is 15.1 Å². The number of non-ortho nitro benzene ring substituents is 1. The van der Waals surface area contributed by atoms with Crippen LogP contribution in [0.3, 0.4) is 0 Å². The molecule has 0 N–H and O–H groups in total. The Hall–Kier alpha value is -3.30. The fraction of sp³-hybridized carbons (Fsp3) is 0.304. The highest BCUT2D eigenvalue weighted by Gasteiger charge is 2.12. The number of nitro groups is 1. The summed E-state index contributed by atoms with van der Waals surface area (Å²) in [5, 5.41) is 17.7. The van der Waals surface area contributed by atoms with Crippen LogP contribution in [0.2, 0.25) is 0 Å².